The summed E-state index contributed by atoms with van der Waals surface area (Å²) in [6.45, 7) is 0. The molecule has 2 rings (SSSR count). The molecule has 17 heavy (non-hydrogen) atoms. The summed E-state index contributed by atoms with van der Waals surface area (Å²) in [6.07, 6.45) is 1.52. The zero-order valence-corrected chi connectivity index (χ0v) is 9.54. The van der Waals surface area contributed by atoms with E-state index in [1.165, 1.54) is 41.7 Å². The van der Waals surface area contributed by atoms with Crippen molar-refractivity contribution in [2.75, 3.05) is 0 Å². The van der Waals surface area contributed by atoms with Crippen LogP contribution in [0, 0.1) is 5.82 Å². The topological polar surface area (TPSA) is 40.1 Å². The molecule has 1 aromatic carbocycles. The number of carbonyl (C=O) groups is 1. The molecule has 2 nitrogen and oxygen atoms in total. The third-order valence-corrected chi connectivity index (χ3v) is 3.02. The molecular weight excluding hydrogens is 239 g/mol. The molecular formula is C13H8FO2S-. The van der Waals surface area contributed by atoms with Gasteiger partial charge in [-0.1, -0.05) is 18.2 Å². The normalized spacial score (nSPS) is 11.5. The van der Waals surface area contributed by atoms with Crippen LogP contribution in [0.25, 0.3) is 11.6 Å². The lowest BCUT2D eigenvalue weighted by atomic mass is 10.1. The summed E-state index contributed by atoms with van der Waals surface area (Å²) in [4.78, 5) is 11.9. The Balaban J connectivity index is 2.43. The number of carboxylic acid groups (broad SMARTS) is 1. The van der Waals surface area contributed by atoms with Crippen molar-refractivity contribution in [1.82, 2.24) is 0 Å². The molecule has 0 spiro atoms. The number of benzene rings is 1. The first kappa shape index (κ1) is 11.5. The lowest BCUT2D eigenvalue weighted by molar-refractivity contribution is -0.295. The quantitative estimate of drug-likeness (QED) is 0.780. The lowest BCUT2D eigenvalue weighted by Crippen LogP contribution is -2.23. The highest BCUT2D eigenvalue weighted by molar-refractivity contribution is 7.10. The second kappa shape index (κ2) is 4.93. The van der Waals surface area contributed by atoms with Gasteiger partial charge in [0.05, 0.1) is 5.97 Å². The van der Waals surface area contributed by atoms with Gasteiger partial charge in [0.15, 0.2) is 0 Å². The summed E-state index contributed by atoms with van der Waals surface area (Å²) in [5, 5.41) is 12.9. The summed E-state index contributed by atoms with van der Waals surface area (Å²) in [7, 11) is 0. The Labute approximate surface area is 102 Å². The molecule has 0 aliphatic heterocycles. The largest absolute Gasteiger partial charge is 0.545 e. The molecule has 2 aromatic rings. The Hall–Kier alpha value is -1.94. The van der Waals surface area contributed by atoms with E-state index >= 15 is 0 Å². The first-order valence-corrected chi connectivity index (χ1v) is 5.77. The van der Waals surface area contributed by atoms with Gasteiger partial charge in [0.2, 0.25) is 0 Å². The molecule has 0 aliphatic rings. The van der Waals surface area contributed by atoms with Crippen molar-refractivity contribution in [1.29, 1.82) is 0 Å². The Morgan fingerprint density at radius 1 is 1.24 bits per heavy atom. The van der Waals surface area contributed by atoms with Gasteiger partial charge in [-0.15, -0.1) is 11.3 Å². The third-order valence-electron chi connectivity index (χ3n) is 2.20. The molecule has 1 aromatic heterocycles. The summed E-state index contributed by atoms with van der Waals surface area (Å²) in [5.74, 6) is -1.67. The molecule has 86 valence electrons. The molecule has 0 bridgehead atoms. The molecule has 0 saturated carbocycles. The minimum Gasteiger partial charge on any atom is -0.545 e. The van der Waals surface area contributed by atoms with Crippen LogP contribution >= 0.6 is 11.3 Å². The van der Waals surface area contributed by atoms with E-state index < -0.39 is 11.8 Å². The molecule has 0 saturated heterocycles. The molecule has 0 unspecified atom stereocenters. The van der Waals surface area contributed by atoms with Gasteiger partial charge in [-0.3, -0.25) is 0 Å². The molecule has 0 aliphatic carbocycles. The number of aliphatic carboxylic acids is 1. The number of thiophene rings is 1. The molecule has 0 radical (unpaired) electrons. The maximum absolute atomic E-state index is 12.7. The fraction of sp³-hybridized carbons (Fsp3) is 0. The van der Waals surface area contributed by atoms with Gasteiger partial charge in [0.25, 0.3) is 0 Å². The summed E-state index contributed by atoms with van der Waals surface area (Å²) in [5.41, 5.74) is 0.479. The van der Waals surface area contributed by atoms with Gasteiger partial charge in [-0.2, -0.15) is 0 Å². The van der Waals surface area contributed by atoms with Crippen molar-refractivity contribution in [2.45, 2.75) is 0 Å². The van der Waals surface area contributed by atoms with Crippen LogP contribution in [0.4, 0.5) is 4.39 Å². The molecule has 1 heterocycles. The van der Waals surface area contributed by atoms with Gasteiger partial charge in [0.1, 0.15) is 5.82 Å². The summed E-state index contributed by atoms with van der Waals surface area (Å²) < 4.78 is 12.7. The van der Waals surface area contributed by atoms with Crippen molar-refractivity contribution in [3.63, 3.8) is 0 Å². The molecule has 0 atom stereocenters. The Kier molecular flexibility index (Phi) is 3.35. The second-order valence-electron chi connectivity index (χ2n) is 3.37. The number of halogens is 1. The van der Waals surface area contributed by atoms with Crippen LogP contribution in [0.15, 0.2) is 41.8 Å². The molecule has 0 N–H and O–H groups in total. The second-order valence-corrected chi connectivity index (χ2v) is 4.35. The average Bonchev–Trinajstić information content (AvgIpc) is 2.80. The SMILES string of the molecule is O=C([O-])/C(=C\c1cccs1)c1ccc(F)cc1. The van der Waals surface area contributed by atoms with Crippen LogP contribution in [0.3, 0.4) is 0 Å². The predicted octanol–water partition coefficient (Wildman–Crippen LogP) is 2.18. The van der Waals surface area contributed by atoms with Crippen molar-refractivity contribution in [2.24, 2.45) is 0 Å². The van der Waals surface area contributed by atoms with Crippen LogP contribution in [-0.2, 0) is 4.79 Å². The minimum absolute atomic E-state index is 0.0486. The number of hydrogen-bond acceptors (Lipinski definition) is 3. The van der Waals surface area contributed by atoms with Crippen molar-refractivity contribution in [3.05, 3.63) is 58.0 Å². The highest BCUT2D eigenvalue weighted by atomic mass is 32.1. The summed E-state index contributed by atoms with van der Waals surface area (Å²) >= 11 is 1.42. The van der Waals surface area contributed by atoms with Crippen LogP contribution < -0.4 is 5.11 Å². The zero-order chi connectivity index (χ0) is 12.3. The number of carboxylic acids is 1. The van der Waals surface area contributed by atoms with E-state index in [0.717, 1.165) is 4.88 Å². The number of rotatable bonds is 3. The predicted molar refractivity (Wildman–Crippen MR) is 63.6 cm³/mol. The number of hydrogen-bond donors (Lipinski definition) is 0. The monoisotopic (exact) mass is 247 g/mol. The highest BCUT2D eigenvalue weighted by Crippen LogP contribution is 2.20. The Morgan fingerprint density at radius 3 is 2.47 bits per heavy atom. The molecule has 0 fully saturated rings. The van der Waals surface area contributed by atoms with Gasteiger partial charge in [0, 0.05) is 10.5 Å². The highest BCUT2D eigenvalue weighted by Gasteiger charge is 2.04. The molecule has 4 heteroatoms. The molecule has 0 amide bonds. The van der Waals surface area contributed by atoms with Crippen LogP contribution in [0.5, 0.6) is 0 Å². The van der Waals surface area contributed by atoms with Crippen molar-refractivity contribution in [3.8, 4) is 0 Å². The van der Waals surface area contributed by atoms with Crippen molar-refractivity contribution < 1.29 is 14.3 Å². The third kappa shape index (κ3) is 2.79. The van der Waals surface area contributed by atoms with E-state index in [1.54, 1.807) is 6.07 Å². The van der Waals surface area contributed by atoms with E-state index in [2.05, 4.69) is 0 Å². The van der Waals surface area contributed by atoms with Crippen LogP contribution in [0.1, 0.15) is 10.4 Å². The first-order chi connectivity index (χ1) is 8.16. The van der Waals surface area contributed by atoms with Gasteiger partial charge < -0.3 is 9.90 Å². The van der Waals surface area contributed by atoms with Gasteiger partial charge in [-0.05, 0) is 35.2 Å². The maximum Gasteiger partial charge on any atom is 0.123 e. The van der Waals surface area contributed by atoms with Crippen LogP contribution in [-0.4, -0.2) is 5.97 Å². The number of carbonyl (C=O) groups excluding carboxylic acids is 1. The van der Waals surface area contributed by atoms with E-state index in [4.69, 9.17) is 0 Å². The Morgan fingerprint density at radius 2 is 1.94 bits per heavy atom. The Bertz CT molecular complexity index is 541. The lowest BCUT2D eigenvalue weighted by Gasteiger charge is -2.08. The minimum atomic E-state index is -1.27. The fourth-order valence-corrected chi connectivity index (χ4v) is 2.06. The van der Waals surface area contributed by atoms with E-state index in [-0.39, 0.29) is 5.57 Å². The van der Waals surface area contributed by atoms with Gasteiger partial charge in [-0.25, -0.2) is 4.39 Å². The first-order valence-electron chi connectivity index (χ1n) is 4.89. The van der Waals surface area contributed by atoms with Gasteiger partial charge >= 0.3 is 0 Å². The maximum atomic E-state index is 12.7. The van der Waals surface area contributed by atoms with E-state index in [9.17, 15) is 14.3 Å². The van der Waals surface area contributed by atoms with Crippen LogP contribution in [0.2, 0.25) is 0 Å². The smallest absolute Gasteiger partial charge is 0.123 e. The zero-order valence-electron chi connectivity index (χ0n) is 8.72. The standard InChI is InChI=1S/C13H9FO2S/c14-10-5-3-9(4-6-10)12(13(15)16)8-11-2-1-7-17-11/h1-8H,(H,15,16)/p-1/b12-8-. The average molecular weight is 247 g/mol. The summed E-state index contributed by atoms with van der Waals surface area (Å²) in [6, 6.07) is 8.92. The van der Waals surface area contributed by atoms with Crippen molar-refractivity contribution >= 4 is 29.0 Å². The fourth-order valence-electron chi connectivity index (χ4n) is 1.41. The van der Waals surface area contributed by atoms with E-state index in [1.807, 2.05) is 11.4 Å². The van der Waals surface area contributed by atoms with E-state index in [0.29, 0.717) is 5.56 Å².